The fourth-order valence-electron chi connectivity index (χ4n) is 5.75. The fourth-order valence-corrected chi connectivity index (χ4v) is 5.75. The second-order valence-electron chi connectivity index (χ2n) is 10.8. The molecule has 3 N–H and O–H groups in total. The van der Waals surface area contributed by atoms with Gasteiger partial charge in [0.05, 0.1) is 11.5 Å². The van der Waals surface area contributed by atoms with E-state index in [0.717, 1.165) is 55.2 Å². The van der Waals surface area contributed by atoms with E-state index in [1.54, 1.807) is 6.08 Å². The van der Waals surface area contributed by atoms with E-state index < -0.39 is 23.2 Å². The first-order chi connectivity index (χ1) is 19.0. The Kier molecular flexibility index (Phi) is 12.5. The van der Waals surface area contributed by atoms with E-state index >= 15 is 0 Å². The van der Waals surface area contributed by atoms with E-state index in [1.165, 1.54) is 19.3 Å². The first kappa shape index (κ1) is 30.8. The van der Waals surface area contributed by atoms with Crippen LogP contribution in [0, 0.1) is 0 Å². The molecular formula is C36H48O3. The first-order valence-electron chi connectivity index (χ1n) is 14.9. The zero-order chi connectivity index (χ0) is 28.0. The van der Waals surface area contributed by atoms with Crippen molar-refractivity contribution in [3.8, 4) is 0 Å². The minimum Gasteiger partial charge on any atom is -0.390 e. The van der Waals surface area contributed by atoms with Gasteiger partial charge >= 0.3 is 0 Å². The Hall–Kier alpha value is -2.72. The smallest absolute Gasteiger partial charge is 0.136 e. The van der Waals surface area contributed by atoms with Gasteiger partial charge in [0.2, 0.25) is 0 Å². The molecule has 0 amide bonds. The van der Waals surface area contributed by atoms with E-state index in [9.17, 15) is 15.3 Å². The van der Waals surface area contributed by atoms with Crippen LogP contribution in [-0.4, -0.2) is 33.1 Å². The Labute approximate surface area is 236 Å². The molecule has 39 heavy (non-hydrogen) atoms. The van der Waals surface area contributed by atoms with Gasteiger partial charge in [-0.2, -0.15) is 0 Å². The number of rotatable bonds is 17. The summed E-state index contributed by atoms with van der Waals surface area (Å²) < 4.78 is 0. The Morgan fingerprint density at radius 3 is 1.51 bits per heavy atom. The molecular weight excluding hydrogens is 480 g/mol. The number of unbranched alkanes of at least 4 members (excludes halogenated alkanes) is 7. The van der Waals surface area contributed by atoms with E-state index in [4.69, 9.17) is 0 Å². The minimum atomic E-state index is -1.86. The lowest BCUT2D eigenvalue weighted by atomic mass is 9.60. The van der Waals surface area contributed by atoms with Gasteiger partial charge in [0.25, 0.3) is 0 Å². The molecule has 0 aromatic heterocycles. The van der Waals surface area contributed by atoms with Gasteiger partial charge in [-0.15, -0.1) is 0 Å². The van der Waals surface area contributed by atoms with Crippen LogP contribution < -0.4 is 0 Å². The summed E-state index contributed by atoms with van der Waals surface area (Å²) in [5.74, 6) is 0. The minimum absolute atomic E-state index is 0.423. The summed E-state index contributed by atoms with van der Waals surface area (Å²) in [6.45, 7) is 4.34. The molecule has 0 saturated carbocycles. The average molecular weight is 529 g/mol. The van der Waals surface area contributed by atoms with Crippen LogP contribution in [-0.2, 0) is 5.41 Å². The molecule has 0 saturated heterocycles. The van der Waals surface area contributed by atoms with Crippen LogP contribution in [0.25, 0.3) is 0 Å². The molecule has 3 heteroatoms. The van der Waals surface area contributed by atoms with Crippen molar-refractivity contribution >= 4 is 0 Å². The summed E-state index contributed by atoms with van der Waals surface area (Å²) in [5.41, 5.74) is -0.389. The highest BCUT2D eigenvalue weighted by Crippen LogP contribution is 2.47. The van der Waals surface area contributed by atoms with Gasteiger partial charge in [0, 0.05) is 0 Å². The lowest BCUT2D eigenvalue weighted by molar-refractivity contribution is -0.132. The van der Waals surface area contributed by atoms with Gasteiger partial charge in [-0.25, -0.2) is 0 Å². The number of hydrogen-bond acceptors (Lipinski definition) is 3. The lowest BCUT2D eigenvalue weighted by Gasteiger charge is -2.47. The van der Waals surface area contributed by atoms with E-state index in [1.807, 2.05) is 97.1 Å². The number of allylic oxidation sites excluding steroid dienone is 1. The zero-order valence-corrected chi connectivity index (χ0v) is 23.9. The lowest BCUT2D eigenvalue weighted by Crippen LogP contribution is -2.60. The van der Waals surface area contributed by atoms with Crippen molar-refractivity contribution in [2.45, 2.75) is 101 Å². The first-order valence-corrected chi connectivity index (χ1v) is 14.9. The number of aliphatic hydroxyl groups is 3. The number of hydrogen-bond donors (Lipinski definition) is 3. The predicted molar refractivity (Wildman–Crippen MR) is 163 cm³/mol. The molecule has 0 spiro atoms. The molecule has 210 valence electrons. The quantitative estimate of drug-likeness (QED) is 0.0946. The molecule has 0 aliphatic rings. The van der Waals surface area contributed by atoms with E-state index in [2.05, 4.69) is 13.8 Å². The van der Waals surface area contributed by atoms with Crippen LogP contribution in [0.4, 0.5) is 0 Å². The normalized spacial score (nSPS) is 15.2. The highest BCUT2D eigenvalue weighted by molar-refractivity contribution is 5.53. The maximum Gasteiger partial charge on any atom is 0.136 e. The van der Waals surface area contributed by atoms with Crippen molar-refractivity contribution < 1.29 is 15.3 Å². The zero-order valence-electron chi connectivity index (χ0n) is 23.9. The largest absolute Gasteiger partial charge is 0.390 e. The van der Waals surface area contributed by atoms with Crippen molar-refractivity contribution in [1.29, 1.82) is 0 Å². The van der Waals surface area contributed by atoms with Crippen molar-refractivity contribution in [3.63, 3.8) is 0 Å². The third-order valence-electron chi connectivity index (χ3n) is 8.01. The Balaban J connectivity index is 2.14. The molecule has 3 unspecified atom stereocenters. The van der Waals surface area contributed by atoms with Crippen LogP contribution in [0.3, 0.4) is 0 Å². The van der Waals surface area contributed by atoms with E-state index in [-0.39, 0.29) is 0 Å². The molecule has 3 nitrogen and oxygen atoms in total. The van der Waals surface area contributed by atoms with Crippen LogP contribution in [0.2, 0.25) is 0 Å². The van der Waals surface area contributed by atoms with Crippen molar-refractivity contribution in [2.24, 2.45) is 0 Å². The highest BCUT2D eigenvalue weighted by Gasteiger charge is 2.54. The van der Waals surface area contributed by atoms with Crippen LogP contribution in [0.1, 0.15) is 94.7 Å². The molecule has 0 heterocycles. The molecule has 3 aromatic carbocycles. The highest BCUT2D eigenvalue weighted by atomic mass is 16.4. The van der Waals surface area contributed by atoms with Crippen LogP contribution >= 0.6 is 0 Å². The summed E-state index contributed by atoms with van der Waals surface area (Å²) in [6.07, 6.45) is 10.9. The summed E-state index contributed by atoms with van der Waals surface area (Å²) in [7, 11) is 0. The second kappa shape index (κ2) is 15.8. The summed E-state index contributed by atoms with van der Waals surface area (Å²) in [4.78, 5) is 0. The van der Waals surface area contributed by atoms with Gasteiger partial charge in [-0.05, 0) is 29.5 Å². The van der Waals surface area contributed by atoms with Gasteiger partial charge in [0.1, 0.15) is 11.7 Å². The molecule has 3 atom stereocenters. The Bertz CT molecular complexity index is 983. The van der Waals surface area contributed by atoms with Gasteiger partial charge < -0.3 is 15.3 Å². The topological polar surface area (TPSA) is 60.7 Å². The molecule has 0 bridgehead atoms. The van der Waals surface area contributed by atoms with Gasteiger partial charge in [-0.1, -0.05) is 168 Å². The standard InChI is InChI=1S/C36H48O3/c1-3-5-7-9-10-20-28-33(37)35(39,29-21-8-6-4-2)34(38)36(30-22-14-11-15-23-30,31-24-16-12-17-25-31)32-26-18-13-19-27-32/h11-19,21-27,29,33-34,37-39H,3-10,20,28H2,1-2H3. The third kappa shape index (κ3) is 7.48. The van der Waals surface area contributed by atoms with Crippen molar-refractivity contribution in [3.05, 3.63) is 120 Å². The third-order valence-corrected chi connectivity index (χ3v) is 8.01. The summed E-state index contributed by atoms with van der Waals surface area (Å²) in [5, 5.41) is 36.6. The summed E-state index contributed by atoms with van der Waals surface area (Å²) in [6, 6.07) is 29.7. The molecule has 0 fully saturated rings. The fraction of sp³-hybridized carbons (Fsp3) is 0.444. The number of aliphatic hydroxyl groups excluding tert-OH is 2. The average Bonchev–Trinajstić information content (AvgIpc) is 2.99. The SMILES string of the molecule is CCCCC=CC(O)(C(O)CCCCCCCC)C(O)C(c1ccccc1)(c1ccccc1)c1ccccc1. The summed E-state index contributed by atoms with van der Waals surface area (Å²) >= 11 is 0. The van der Waals surface area contributed by atoms with Crippen LogP contribution in [0.15, 0.2) is 103 Å². The second-order valence-corrected chi connectivity index (χ2v) is 10.8. The van der Waals surface area contributed by atoms with Gasteiger partial charge in [0.15, 0.2) is 0 Å². The maximum absolute atomic E-state index is 12.6. The molecule has 0 radical (unpaired) electrons. The Morgan fingerprint density at radius 2 is 1.05 bits per heavy atom. The molecule has 3 rings (SSSR count). The monoisotopic (exact) mass is 528 g/mol. The van der Waals surface area contributed by atoms with Crippen molar-refractivity contribution in [1.82, 2.24) is 0 Å². The number of benzene rings is 3. The molecule has 3 aromatic rings. The maximum atomic E-state index is 12.6. The van der Waals surface area contributed by atoms with E-state index in [0.29, 0.717) is 6.42 Å². The molecule has 0 aliphatic carbocycles. The van der Waals surface area contributed by atoms with Gasteiger partial charge in [-0.3, -0.25) is 0 Å². The van der Waals surface area contributed by atoms with Crippen LogP contribution in [0.5, 0.6) is 0 Å². The Morgan fingerprint density at radius 1 is 0.615 bits per heavy atom. The molecule has 0 aliphatic heterocycles. The predicted octanol–water partition coefficient (Wildman–Crippen LogP) is 7.97. The van der Waals surface area contributed by atoms with Crippen molar-refractivity contribution in [2.75, 3.05) is 0 Å².